The Morgan fingerprint density at radius 1 is 1.18 bits per heavy atom. The van der Waals surface area contributed by atoms with Gasteiger partial charge in [0.1, 0.15) is 0 Å². The van der Waals surface area contributed by atoms with Crippen LogP contribution in [0.1, 0.15) is 37.7 Å². The third kappa shape index (κ3) is 3.97. The monoisotopic (exact) mass is 235 g/mol. The molecule has 2 N–H and O–H groups in total. The topological polar surface area (TPSA) is 58.0 Å². The second-order valence-corrected chi connectivity index (χ2v) is 4.77. The molecular formula is C13H21N3O. The highest BCUT2D eigenvalue weighted by molar-refractivity contribution is 5.24. The number of nitrogens with zero attached hydrogens (tertiary/aromatic N) is 2. The Hall–Kier alpha value is -1.16. The maximum absolute atomic E-state index is 8.79. The molecular weight excluding hydrogens is 214 g/mol. The fraction of sp³-hybridized carbons (Fsp3) is 0.692. The SMILES string of the molecule is OCCc1cnc(NCC2CCCCC2)nc1. The maximum Gasteiger partial charge on any atom is 0.222 e. The molecule has 1 saturated carbocycles. The van der Waals surface area contributed by atoms with Crippen molar-refractivity contribution in [3.8, 4) is 0 Å². The molecule has 0 spiro atoms. The third-order valence-electron chi connectivity index (χ3n) is 3.38. The van der Waals surface area contributed by atoms with Gasteiger partial charge in [0, 0.05) is 25.5 Å². The van der Waals surface area contributed by atoms with Crippen LogP contribution in [0.5, 0.6) is 0 Å². The Kier molecular flexibility index (Phi) is 4.74. The summed E-state index contributed by atoms with van der Waals surface area (Å²) in [6.07, 6.45) is 11.0. The molecule has 1 aromatic heterocycles. The van der Waals surface area contributed by atoms with Crippen LogP contribution < -0.4 is 5.32 Å². The summed E-state index contributed by atoms with van der Waals surface area (Å²) in [7, 11) is 0. The van der Waals surface area contributed by atoms with Gasteiger partial charge in [-0.1, -0.05) is 19.3 Å². The molecule has 0 bridgehead atoms. The van der Waals surface area contributed by atoms with Gasteiger partial charge in [-0.05, 0) is 30.7 Å². The van der Waals surface area contributed by atoms with Crippen molar-refractivity contribution >= 4 is 5.95 Å². The lowest BCUT2D eigenvalue weighted by Crippen LogP contribution is -2.18. The average Bonchev–Trinajstić information content (AvgIpc) is 2.40. The predicted octanol–water partition coefficient (Wildman–Crippen LogP) is 2.00. The number of rotatable bonds is 5. The van der Waals surface area contributed by atoms with Gasteiger partial charge in [-0.25, -0.2) is 9.97 Å². The molecule has 0 radical (unpaired) electrons. The zero-order chi connectivity index (χ0) is 11.9. The quantitative estimate of drug-likeness (QED) is 0.819. The molecule has 1 aromatic rings. The Balaban J connectivity index is 1.77. The van der Waals surface area contributed by atoms with Crippen LogP contribution >= 0.6 is 0 Å². The number of hydrogen-bond acceptors (Lipinski definition) is 4. The van der Waals surface area contributed by atoms with Crippen molar-refractivity contribution in [1.29, 1.82) is 0 Å². The number of aromatic nitrogens is 2. The molecule has 1 fully saturated rings. The van der Waals surface area contributed by atoms with Crippen molar-refractivity contribution in [2.24, 2.45) is 5.92 Å². The van der Waals surface area contributed by atoms with Gasteiger partial charge in [-0.15, -0.1) is 0 Å². The molecule has 0 aromatic carbocycles. The van der Waals surface area contributed by atoms with Crippen LogP contribution in [-0.2, 0) is 6.42 Å². The summed E-state index contributed by atoms with van der Waals surface area (Å²) in [5, 5.41) is 12.1. The summed E-state index contributed by atoms with van der Waals surface area (Å²) in [6.45, 7) is 1.14. The van der Waals surface area contributed by atoms with Gasteiger partial charge in [0.25, 0.3) is 0 Å². The van der Waals surface area contributed by atoms with E-state index in [1.807, 2.05) is 0 Å². The first-order valence-corrected chi connectivity index (χ1v) is 6.54. The highest BCUT2D eigenvalue weighted by Crippen LogP contribution is 2.23. The first-order chi connectivity index (χ1) is 8.38. The summed E-state index contributed by atoms with van der Waals surface area (Å²) in [6, 6.07) is 0. The lowest BCUT2D eigenvalue weighted by atomic mass is 9.89. The normalized spacial score (nSPS) is 17.0. The van der Waals surface area contributed by atoms with Crippen LogP contribution in [0.4, 0.5) is 5.95 Å². The minimum Gasteiger partial charge on any atom is -0.396 e. The molecule has 1 heterocycles. The Bertz CT molecular complexity index is 320. The van der Waals surface area contributed by atoms with Gasteiger partial charge in [-0.2, -0.15) is 0 Å². The van der Waals surface area contributed by atoms with E-state index < -0.39 is 0 Å². The smallest absolute Gasteiger partial charge is 0.222 e. The molecule has 17 heavy (non-hydrogen) atoms. The van der Waals surface area contributed by atoms with E-state index in [1.54, 1.807) is 12.4 Å². The summed E-state index contributed by atoms with van der Waals surface area (Å²) in [5.41, 5.74) is 0.982. The molecule has 1 aliphatic carbocycles. The molecule has 0 saturated heterocycles. The van der Waals surface area contributed by atoms with Gasteiger partial charge in [0.15, 0.2) is 0 Å². The maximum atomic E-state index is 8.79. The van der Waals surface area contributed by atoms with Crippen molar-refractivity contribution in [3.63, 3.8) is 0 Å². The lowest BCUT2D eigenvalue weighted by molar-refractivity contribution is 0.299. The first-order valence-electron chi connectivity index (χ1n) is 6.54. The lowest BCUT2D eigenvalue weighted by Gasteiger charge is -2.21. The van der Waals surface area contributed by atoms with Crippen molar-refractivity contribution < 1.29 is 5.11 Å². The van der Waals surface area contributed by atoms with Gasteiger partial charge in [0.2, 0.25) is 5.95 Å². The van der Waals surface area contributed by atoms with Crippen LogP contribution in [0.25, 0.3) is 0 Å². The highest BCUT2D eigenvalue weighted by atomic mass is 16.2. The number of hydrogen-bond donors (Lipinski definition) is 2. The molecule has 4 nitrogen and oxygen atoms in total. The van der Waals surface area contributed by atoms with E-state index in [4.69, 9.17) is 5.11 Å². The molecule has 0 aliphatic heterocycles. The van der Waals surface area contributed by atoms with Crippen LogP contribution in [-0.4, -0.2) is 28.2 Å². The van der Waals surface area contributed by atoms with Crippen molar-refractivity contribution in [1.82, 2.24) is 9.97 Å². The first kappa shape index (κ1) is 12.3. The average molecular weight is 235 g/mol. The largest absolute Gasteiger partial charge is 0.396 e. The van der Waals surface area contributed by atoms with E-state index >= 15 is 0 Å². The summed E-state index contributed by atoms with van der Waals surface area (Å²) in [4.78, 5) is 8.50. The molecule has 0 amide bonds. The van der Waals surface area contributed by atoms with Crippen LogP contribution in [0.3, 0.4) is 0 Å². The zero-order valence-corrected chi connectivity index (χ0v) is 10.2. The third-order valence-corrected chi connectivity index (χ3v) is 3.38. The molecule has 94 valence electrons. The fourth-order valence-corrected chi connectivity index (χ4v) is 2.33. The van der Waals surface area contributed by atoms with Crippen molar-refractivity contribution in [2.75, 3.05) is 18.5 Å². The number of aliphatic hydroxyl groups excluding tert-OH is 1. The second kappa shape index (κ2) is 6.55. The highest BCUT2D eigenvalue weighted by Gasteiger charge is 2.13. The predicted molar refractivity (Wildman–Crippen MR) is 67.9 cm³/mol. The molecule has 0 unspecified atom stereocenters. The van der Waals surface area contributed by atoms with Crippen molar-refractivity contribution in [3.05, 3.63) is 18.0 Å². The summed E-state index contributed by atoms with van der Waals surface area (Å²) < 4.78 is 0. The van der Waals surface area contributed by atoms with E-state index in [1.165, 1.54) is 32.1 Å². The summed E-state index contributed by atoms with van der Waals surface area (Å²) >= 11 is 0. The molecule has 0 atom stereocenters. The fourth-order valence-electron chi connectivity index (χ4n) is 2.33. The van der Waals surface area contributed by atoms with Gasteiger partial charge >= 0.3 is 0 Å². The van der Waals surface area contributed by atoms with Crippen LogP contribution in [0, 0.1) is 5.92 Å². The van der Waals surface area contributed by atoms with E-state index in [0.717, 1.165) is 18.0 Å². The van der Waals surface area contributed by atoms with Gasteiger partial charge < -0.3 is 10.4 Å². The number of anilines is 1. The molecule has 4 heteroatoms. The minimum absolute atomic E-state index is 0.151. The molecule has 2 rings (SSSR count). The molecule has 1 aliphatic rings. The van der Waals surface area contributed by atoms with Crippen LogP contribution in [0.2, 0.25) is 0 Å². The number of aliphatic hydroxyl groups is 1. The van der Waals surface area contributed by atoms with Gasteiger partial charge in [0.05, 0.1) is 0 Å². The van der Waals surface area contributed by atoms with E-state index in [9.17, 15) is 0 Å². The standard InChI is InChI=1S/C13H21N3O/c17-7-6-12-9-15-13(16-10-12)14-8-11-4-2-1-3-5-11/h9-11,17H,1-8H2,(H,14,15,16). The van der Waals surface area contributed by atoms with E-state index in [0.29, 0.717) is 12.4 Å². The minimum atomic E-state index is 0.151. The van der Waals surface area contributed by atoms with Crippen LogP contribution in [0.15, 0.2) is 12.4 Å². The summed E-state index contributed by atoms with van der Waals surface area (Å²) in [5.74, 6) is 1.49. The Labute approximate surface area is 102 Å². The van der Waals surface area contributed by atoms with E-state index in [2.05, 4.69) is 15.3 Å². The number of nitrogens with one attached hydrogen (secondary N) is 1. The Morgan fingerprint density at radius 3 is 2.53 bits per heavy atom. The van der Waals surface area contributed by atoms with E-state index in [-0.39, 0.29) is 6.61 Å². The van der Waals surface area contributed by atoms with Crippen molar-refractivity contribution in [2.45, 2.75) is 38.5 Å². The zero-order valence-electron chi connectivity index (χ0n) is 10.2. The Morgan fingerprint density at radius 2 is 1.88 bits per heavy atom. The van der Waals surface area contributed by atoms with Gasteiger partial charge in [-0.3, -0.25) is 0 Å². The second-order valence-electron chi connectivity index (χ2n) is 4.77.